The van der Waals surface area contributed by atoms with Gasteiger partial charge in [-0.05, 0) is 35.7 Å². The maximum absolute atomic E-state index is 10.4. The first-order valence-corrected chi connectivity index (χ1v) is 7.06. The van der Waals surface area contributed by atoms with E-state index in [1.807, 2.05) is 6.07 Å². The quantitative estimate of drug-likeness (QED) is 0.858. The van der Waals surface area contributed by atoms with Crippen LogP contribution < -0.4 is 5.32 Å². The van der Waals surface area contributed by atoms with Crippen LogP contribution in [-0.2, 0) is 6.54 Å². The molecule has 18 heavy (non-hydrogen) atoms. The minimum absolute atomic E-state index is 0.164. The van der Waals surface area contributed by atoms with Gasteiger partial charge in [0.2, 0.25) is 0 Å². The summed E-state index contributed by atoms with van der Waals surface area (Å²) < 4.78 is 0. The van der Waals surface area contributed by atoms with Gasteiger partial charge in [0.1, 0.15) is 0 Å². The number of aliphatic hydroxyl groups is 1. The highest BCUT2D eigenvalue weighted by atomic mass is 16.3. The van der Waals surface area contributed by atoms with E-state index in [2.05, 4.69) is 43.4 Å². The molecule has 0 spiro atoms. The van der Waals surface area contributed by atoms with Gasteiger partial charge in [0.15, 0.2) is 0 Å². The van der Waals surface area contributed by atoms with E-state index in [1.54, 1.807) is 0 Å². The second-order valence-electron chi connectivity index (χ2n) is 6.49. The first-order chi connectivity index (χ1) is 8.60. The van der Waals surface area contributed by atoms with E-state index in [-0.39, 0.29) is 12.1 Å². The molecule has 3 rings (SSSR count). The minimum Gasteiger partial charge on any atom is -0.391 e. The average molecular weight is 245 g/mol. The second kappa shape index (κ2) is 4.36. The molecule has 2 N–H and O–H groups in total. The second-order valence-corrected chi connectivity index (χ2v) is 6.49. The maximum Gasteiger partial charge on any atom is 0.0729 e. The van der Waals surface area contributed by atoms with Gasteiger partial charge in [-0.3, -0.25) is 0 Å². The number of hydrogen-bond donors (Lipinski definition) is 2. The Bertz CT molecular complexity index is 414. The van der Waals surface area contributed by atoms with Crippen LogP contribution in [0.2, 0.25) is 0 Å². The van der Waals surface area contributed by atoms with Crippen molar-refractivity contribution in [3.8, 4) is 0 Å². The number of hydrogen-bond acceptors (Lipinski definition) is 2. The third kappa shape index (κ3) is 1.79. The van der Waals surface area contributed by atoms with Crippen molar-refractivity contribution in [1.82, 2.24) is 5.32 Å². The number of benzene rings is 1. The Kier molecular flexibility index (Phi) is 2.95. The van der Waals surface area contributed by atoms with Gasteiger partial charge in [0.25, 0.3) is 0 Å². The van der Waals surface area contributed by atoms with E-state index in [0.717, 1.165) is 6.54 Å². The van der Waals surface area contributed by atoms with Crippen LogP contribution in [0.15, 0.2) is 30.3 Å². The summed E-state index contributed by atoms with van der Waals surface area (Å²) in [7, 11) is 0. The molecule has 0 heterocycles. The standard InChI is InChI=1S/C16H23NO/c1-16(2)12-8-9-13(16)15(18)14(12)17-10-11-6-4-3-5-7-11/h3-7,12-15,17-18H,8-10H2,1-2H3. The topological polar surface area (TPSA) is 32.3 Å². The van der Waals surface area contributed by atoms with Crippen LogP contribution in [0.5, 0.6) is 0 Å². The van der Waals surface area contributed by atoms with Gasteiger partial charge in [0, 0.05) is 12.6 Å². The van der Waals surface area contributed by atoms with Crippen molar-refractivity contribution in [3.05, 3.63) is 35.9 Å². The molecule has 0 saturated heterocycles. The van der Waals surface area contributed by atoms with Crippen LogP contribution >= 0.6 is 0 Å². The molecule has 98 valence electrons. The molecule has 0 amide bonds. The van der Waals surface area contributed by atoms with Crippen molar-refractivity contribution in [1.29, 1.82) is 0 Å². The molecule has 2 aliphatic rings. The Labute approximate surface area is 109 Å². The van der Waals surface area contributed by atoms with Gasteiger partial charge < -0.3 is 10.4 Å². The zero-order chi connectivity index (χ0) is 12.8. The summed E-state index contributed by atoms with van der Waals surface area (Å²) in [6, 6.07) is 10.7. The van der Waals surface area contributed by atoms with E-state index in [4.69, 9.17) is 0 Å². The van der Waals surface area contributed by atoms with Crippen LogP contribution in [0.3, 0.4) is 0 Å². The molecule has 2 nitrogen and oxygen atoms in total. The smallest absolute Gasteiger partial charge is 0.0729 e. The first-order valence-electron chi connectivity index (χ1n) is 7.06. The summed E-state index contributed by atoms with van der Waals surface area (Å²) in [5.74, 6) is 1.11. The average Bonchev–Trinajstić information content (AvgIpc) is 2.75. The van der Waals surface area contributed by atoms with Gasteiger partial charge in [-0.15, -0.1) is 0 Å². The maximum atomic E-state index is 10.4. The van der Waals surface area contributed by atoms with Crippen molar-refractivity contribution in [2.75, 3.05) is 0 Å². The molecule has 0 aliphatic heterocycles. The molecule has 2 bridgehead atoms. The lowest BCUT2D eigenvalue weighted by Crippen LogP contribution is -2.43. The van der Waals surface area contributed by atoms with Crippen molar-refractivity contribution < 1.29 is 5.11 Å². The fraction of sp³-hybridized carbons (Fsp3) is 0.625. The normalized spacial score (nSPS) is 37.1. The Morgan fingerprint density at radius 1 is 1.17 bits per heavy atom. The summed E-state index contributed by atoms with van der Waals surface area (Å²) >= 11 is 0. The molecule has 1 aromatic rings. The van der Waals surface area contributed by atoms with E-state index >= 15 is 0 Å². The highest BCUT2D eigenvalue weighted by Crippen LogP contribution is 2.57. The Morgan fingerprint density at radius 2 is 1.83 bits per heavy atom. The molecule has 1 aromatic carbocycles. The van der Waals surface area contributed by atoms with Crippen LogP contribution in [-0.4, -0.2) is 17.3 Å². The Morgan fingerprint density at radius 3 is 2.44 bits per heavy atom. The fourth-order valence-corrected chi connectivity index (χ4v) is 4.21. The highest BCUT2D eigenvalue weighted by molar-refractivity contribution is 5.16. The number of rotatable bonds is 3. The van der Waals surface area contributed by atoms with Crippen molar-refractivity contribution >= 4 is 0 Å². The molecule has 2 aliphatic carbocycles. The largest absolute Gasteiger partial charge is 0.391 e. The Hall–Kier alpha value is -0.860. The Balaban J connectivity index is 1.68. The highest BCUT2D eigenvalue weighted by Gasteiger charge is 2.58. The molecule has 4 atom stereocenters. The zero-order valence-electron chi connectivity index (χ0n) is 11.3. The summed E-state index contributed by atoms with van der Waals surface area (Å²) in [6.45, 7) is 5.51. The van der Waals surface area contributed by atoms with E-state index in [0.29, 0.717) is 17.3 Å². The first kappa shape index (κ1) is 12.2. The van der Waals surface area contributed by atoms with Crippen LogP contribution in [0.25, 0.3) is 0 Å². The molecular formula is C16H23NO. The van der Waals surface area contributed by atoms with Crippen LogP contribution in [0, 0.1) is 17.3 Å². The fourth-order valence-electron chi connectivity index (χ4n) is 4.21. The molecule has 2 saturated carbocycles. The predicted octanol–water partition coefficient (Wildman–Crippen LogP) is 2.57. The molecule has 2 heteroatoms. The van der Waals surface area contributed by atoms with Gasteiger partial charge >= 0.3 is 0 Å². The van der Waals surface area contributed by atoms with Gasteiger partial charge in [-0.2, -0.15) is 0 Å². The third-order valence-electron chi connectivity index (χ3n) is 5.30. The number of nitrogens with one attached hydrogen (secondary N) is 1. The SMILES string of the molecule is CC1(C)C2CCC1C(NCc1ccccc1)C2O. The lowest BCUT2D eigenvalue weighted by molar-refractivity contribution is 0.0707. The number of fused-ring (bicyclic) bond motifs is 2. The summed E-state index contributed by atoms with van der Waals surface area (Å²) in [6.07, 6.45) is 2.30. The monoisotopic (exact) mass is 245 g/mol. The third-order valence-corrected chi connectivity index (χ3v) is 5.30. The van der Waals surface area contributed by atoms with E-state index in [1.165, 1.54) is 18.4 Å². The van der Waals surface area contributed by atoms with Crippen LogP contribution in [0.4, 0.5) is 0 Å². The molecule has 4 unspecified atom stereocenters. The van der Waals surface area contributed by atoms with E-state index in [9.17, 15) is 5.11 Å². The molecule has 2 fully saturated rings. The van der Waals surface area contributed by atoms with Crippen LogP contribution in [0.1, 0.15) is 32.3 Å². The predicted molar refractivity (Wildman–Crippen MR) is 73.1 cm³/mol. The molecule has 0 aromatic heterocycles. The van der Waals surface area contributed by atoms with Crippen molar-refractivity contribution in [2.45, 2.75) is 45.4 Å². The van der Waals surface area contributed by atoms with Gasteiger partial charge in [-0.1, -0.05) is 44.2 Å². The van der Waals surface area contributed by atoms with Gasteiger partial charge in [-0.25, -0.2) is 0 Å². The number of aliphatic hydroxyl groups excluding tert-OH is 1. The van der Waals surface area contributed by atoms with Crippen molar-refractivity contribution in [3.63, 3.8) is 0 Å². The molecular weight excluding hydrogens is 222 g/mol. The lowest BCUT2D eigenvalue weighted by atomic mass is 9.81. The minimum atomic E-state index is -0.164. The van der Waals surface area contributed by atoms with Gasteiger partial charge in [0.05, 0.1) is 6.10 Å². The molecule has 0 radical (unpaired) electrons. The summed E-state index contributed by atoms with van der Waals surface area (Å²) in [4.78, 5) is 0. The zero-order valence-corrected chi connectivity index (χ0v) is 11.3. The van der Waals surface area contributed by atoms with Crippen molar-refractivity contribution in [2.24, 2.45) is 17.3 Å². The summed E-state index contributed by atoms with van der Waals surface area (Å²) in [5.41, 5.74) is 1.60. The lowest BCUT2D eigenvalue weighted by Gasteiger charge is -2.28. The van der Waals surface area contributed by atoms with E-state index < -0.39 is 0 Å². The summed E-state index contributed by atoms with van der Waals surface area (Å²) in [5, 5.41) is 14.0.